The molecule has 4 rings (SSSR count). The van der Waals surface area contributed by atoms with Crippen LogP contribution in [-0.4, -0.2) is 32.2 Å². The first kappa shape index (κ1) is 19.6. The van der Waals surface area contributed by atoms with E-state index >= 15 is 0 Å². The summed E-state index contributed by atoms with van der Waals surface area (Å²) in [5.74, 6) is 0.564. The van der Waals surface area contributed by atoms with E-state index in [-0.39, 0.29) is 18.5 Å². The van der Waals surface area contributed by atoms with Crippen LogP contribution in [0, 0.1) is 4.77 Å². The number of aromatic amines is 1. The van der Waals surface area contributed by atoms with Gasteiger partial charge in [0, 0.05) is 12.6 Å². The minimum atomic E-state index is -0.877. The van der Waals surface area contributed by atoms with E-state index in [9.17, 15) is 9.59 Å². The van der Waals surface area contributed by atoms with E-state index in [0.717, 1.165) is 37.1 Å². The summed E-state index contributed by atoms with van der Waals surface area (Å²) >= 11 is 5.29. The van der Waals surface area contributed by atoms with Crippen LogP contribution in [0.1, 0.15) is 56.0 Å². The van der Waals surface area contributed by atoms with Crippen molar-refractivity contribution in [2.45, 2.75) is 63.2 Å². The SMILES string of the molecule is O=C(NCc1ccccc1)NC1(C(=O)NCc2n[nH]c(=S)n2C2CC2)CCCC1. The van der Waals surface area contributed by atoms with Crippen molar-refractivity contribution in [2.24, 2.45) is 0 Å². The van der Waals surface area contributed by atoms with Crippen LogP contribution in [0.4, 0.5) is 4.79 Å². The predicted molar refractivity (Wildman–Crippen MR) is 111 cm³/mol. The van der Waals surface area contributed by atoms with E-state index in [4.69, 9.17) is 12.2 Å². The molecule has 2 aliphatic rings. The van der Waals surface area contributed by atoms with Crippen molar-refractivity contribution in [1.82, 2.24) is 30.7 Å². The predicted octanol–water partition coefficient (Wildman–Crippen LogP) is 2.70. The smallest absolute Gasteiger partial charge is 0.315 e. The zero-order valence-corrected chi connectivity index (χ0v) is 17.1. The normalized spacial score (nSPS) is 17.7. The summed E-state index contributed by atoms with van der Waals surface area (Å²) in [5, 5.41) is 15.8. The number of carbonyl (C=O) groups is 2. The van der Waals surface area contributed by atoms with Crippen molar-refractivity contribution < 1.29 is 9.59 Å². The Morgan fingerprint density at radius 2 is 1.86 bits per heavy atom. The van der Waals surface area contributed by atoms with Crippen LogP contribution < -0.4 is 16.0 Å². The van der Waals surface area contributed by atoms with E-state index in [1.54, 1.807) is 0 Å². The molecule has 8 nitrogen and oxygen atoms in total. The Kier molecular flexibility index (Phi) is 5.66. The van der Waals surface area contributed by atoms with Crippen LogP contribution in [0.2, 0.25) is 0 Å². The van der Waals surface area contributed by atoms with Gasteiger partial charge in [-0.2, -0.15) is 5.10 Å². The maximum Gasteiger partial charge on any atom is 0.315 e. The summed E-state index contributed by atoms with van der Waals surface area (Å²) in [7, 11) is 0. The Labute approximate surface area is 174 Å². The lowest BCUT2D eigenvalue weighted by atomic mass is 9.96. The highest BCUT2D eigenvalue weighted by atomic mass is 32.1. The number of hydrogen-bond donors (Lipinski definition) is 4. The lowest BCUT2D eigenvalue weighted by Gasteiger charge is -2.29. The van der Waals surface area contributed by atoms with Gasteiger partial charge in [-0.05, 0) is 43.5 Å². The standard InChI is InChI=1S/C20H26N6O2S/c27-17(21-13-16-24-25-19(29)26(16)15-8-9-15)20(10-4-5-11-20)23-18(28)22-12-14-6-2-1-3-7-14/h1-3,6-7,15H,4-5,8-13H2,(H,21,27)(H,25,29)(H2,22,23,28). The van der Waals surface area contributed by atoms with Crippen molar-refractivity contribution >= 4 is 24.2 Å². The number of carbonyl (C=O) groups excluding carboxylic acids is 2. The minimum absolute atomic E-state index is 0.166. The molecule has 2 aliphatic carbocycles. The largest absolute Gasteiger partial charge is 0.347 e. The Bertz CT molecular complexity index is 928. The number of H-pyrrole nitrogens is 1. The average molecular weight is 415 g/mol. The van der Waals surface area contributed by atoms with Crippen LogP contribution in [0.3, 0.4) is 0 Å². The summed E-state index contributed by atoms with van der Waals surface area (Å²) in [4.78, 5) is 25.5. The molecule has 4 N–H and O–H groups in total. The Morgan fingerprint density at radius 3 is 2.55 bits per heavy atom. The molecule has 2 fully saturated rings. The van der Waals surface area contributed by atoms with Crippen molar-refractivity contribution in [3.05, 3.63) is 46.5 Å². The zero-order chi connectivity index (χ0) is 20.3. The maximum atomic E-state index is 13.0. The third kappa shape index (κ3) is 4.50. The lowest BCUT2D eigenvalue weighted by molar-refractivity contribution is -0.127. The first-order valence-electron chi connectivity index (χ1n) is 10.1. The van der Waals surface area contributed by atoms with Gasteiger partial charge in [0.05, 0.1) is 6.54 Å². The van der Waals surface area contributed by atoms with Gasteiger partial charge in [0.2, 0.25) is 5.91 Å². The third-order valence-corrected chi connectivity index (χ3v) is 5.93. The van der Waals surface area contributed by atoms with Crippen LogP contribution in [-0.2, 0) is 17.9 Å². The molecule has 0 saturated heterocycles. The van der Waals surface area contributed by atoms with E-state index in [0.29, 0.717) is 30.2 Å². The quantitative estimate of drug-likeness (QED) is 0.523. The van der Waals surface area contributed by atoms with Crippen molar-refractivity contribution in [3.8, 4) is 0 Å². The second-order valence-corrected chi connectivity index (χ2v) is 8.20. The molecular weight excluding hydrogens is 388 g/mol. The second kappa shape index (κ2) is 8.36. The molecule has 0 atom stereocenters. The molecule has 0 radical (unpaired) electrons. The summed E-state index contributed by atoms with van der Waals surface area (Å²) in [6.45, 7) is 0.707. The van der Waals surface area contributed by atoms with Gasteiger partial charge in [0.25, 0.3) is 0 Å². The van der Waals surface area contributed by atoms with Crippen molar-refractivity contribution in [2.75, 3.05) is 0 Å². The molecule has 2 aromatic rings. The Hall–Kier alpha value is -2.68. The van der Waals surface area contributed by atoms with Gasteiger partial charge in [0.1, 0.15) is 5.54 Å². The van der Waals surface area contributed by atoms with Gasteiger partial charge in [0.15, 0.2) is 10.6 Å². The summed E-state index contributed by atoms with van der Waals surface area (Å²) in [6.07, 6.45) is 5.25. The van der Waals surface area contributed by atoms with Gasteiger partial charge in [-0.1, -0.05) is 43.2 Å². The van der Waals surface area contributed by atoms with Crippen molar-refractivity contribution in [3.63, 3.8) is 0 Å². The van der Waals surface area contributed by atoms with E-state index in [1.165, 1.54) is 0 Å². The lowest BCUT2D eigenvalue weighted by Crippen LogP contribution is -2.59. The molecule has 1 aromatic heterocycles. The molecule has 0 aliphatic heterocycles. The fourth-order valence-electron chi connectivity index (χ4n) is 3.93. The number of nitrogens with zero attached hydrogens (tertiary/aromatic N) is 2. The van der Waals surface area contributed by atoms with Crippen LogP contribution in [0.5, 0.6) is 0 Å². The number of benzene rings is 1. The van der Waals surface area contributed by atoms with Crippen LogP contribution >= 0.6 is 12.2 Å². The average Bonchev–Trinajstić information content (AvgIpc) is 3.33. The van der Waals surface area contributed by atoms with Gasteiger partial charge in [-0.15, -0.1) is 0 Å². The number of amides is 3. The van der Waals surface area contributed by atoms with E-state index in [1.807, 2.05) is 34.9 Å². The van der Waals surface area contributed by atoms with Gasteiger partial charge < -0.3 is 16.0 Å². The number of rotatable bonds is 7. The van der Waals surface area contributed by atoms with E-state index in [2.05, 4.69) is 26.1 Å². The fourth-order valence-corrected chi connectivity index (χ4v) is 4.23. The molecule has 154 valence electrons. The highest BCUT2D eigenvalue weighted by Crippen LogP contribution is 2.36. The number of aromatic nitrogens is 3. The molecule has 1 heterocycles. The molecule has 0 unspecified atom stereocenters. The van der Waals surface area contributed by atoms with Gasteiger partial charge in [-0.25, -0.2) is 4.79 Å². The summed E-state index contributed by atoms with van der Waals surface area (Å²) in [5.41, 5.74) is 0.133. The van der Waals surface area contributed by atoms with Crippen LogP contribution in [0.25, 0.3) is 0 Å². The van der Waals surface area contributed by atoms with Gasteiger partial charge in [-0.3, -0.25) is 14.5 Å². The molecule has 0 spiro atoms. The van der Waals surface area contributed by atoms with Crippen LogP contribution in [0.15, 0.2) is 30.3 Å². The maximum absolute atomic E-state index is 13.0. The second-order valence-electron chi connectivity index (χ2n) is 7.81. The number of urea groups is 1. The zero-order valence-electron chi connectivity index (χ0n) is 16.2. The fraction of sp³-hybridized carbons (Fsp3) is 0.500. The molecule has 1 aromatic carbocycles. The molecule has 0 bridgehead atoms. The molecular formula is C20H26N6O2S. The molecule has 3 amide bonds. The number of nitrogens with one attached hydrogen (secondary N) is 4. The monoisotopic (exact) mass is 414 g/mol. The minimum Gasteiger partial charge on any atom is -0.347 e. The Balaban J connectivity index is 1.36. The third-order valence-electron chi connectivity index (χ3n) is 5.64. The summed E-state index contributed by atoms with van der Waals surface area (Å²) < 4.78 is 2.57. The molecule has 2 saturated carbocycles. The first-order valence-corrected chi connectivity index (χ1v) is 10.5. The topological polar surface area (TPSA) is 104 Å². The molecule has 9 heteroatoms. The van der Waals surface area contributed by atoms with Crippen molar-refractivity contribution in [1.29, 1.82) is 0 Å². The Morgan fingerprint density at radius 1 is 1.14 bits per heavy atom. The summed E-state index contributed by atoms with van der Waals surface area (Å²) in [6, 6.07) is 9.75. The highest BCUT2D eigenvalue weighted by Gasteiger charge is 2.42. The molecule has 29 heavy (non-hydrogen) atoms. The van der Waals surface area contributed by atoms with Gasteiger partial charge >= 0.3 is 6.03 Å². The van der Waals surface area contributed by atoms with E-state index < -0.39 is 5.54 Å². The number of hydrogen-bond acceptors (Lipinski definition) is 4. The highest BCUT2D eigenvalue weighted by molar-refractivity contribution is 7.71. The first-order chi connectivity index (χ1) is 14.1.